The summed E-state index contributed by atoms with van der Waals surface area (Å²) >= 11 is 3.37. The first-order valence-electron chi connectivity index (χ1n) is 10.8. The van der Waals surface area contributed by atoms with E-state index in [1.54, 1.807) is 0 Å². The van der Waals surface area contributed by atoms with Gasteiger partial charge in [0.1, 0.15) is 5.82 Å². The zero-order valence-corrected chi connectivity index (χ0v) is 20.1. The monoisotopic (exact) mass is 499 g/mol. The molecule has 31 heavy (non-hydrogen) atoms. The Labute approximate surface area is 192 Å². The van der Waals surface area contributed by atoms with Crippen molar-refractivity contribution < 1.29 is 24.1 Å². The number of aromatic nitrogens is 2. The Balaban J connectivity index is 2.07. The summed E-state index contributed by atoms with van der Waals surface area (Å²) in [5, 5.41) is 9.73. The van der Waals surface area contributed by atoms with Crippen molar-refractivity contribution in [3.63, 3.8) is 0 Å². The van der Waals surface area contributed by atoms with Crippen molar-refractivity contribution in [2.45, 2.75) is 26.2 Å². The molecule has 0 amide bonds. The molecule has 9 heteroatoms. The van der Waals surface area contributed by atoms with Crippen LogP contribution >= 0.6 is 15.9 Å². The van der Waals surface area contributed by atoms with Gasteiger partial charge in [-0.1, -0.05) is 15.9 Å². The Morgan fingerprint density at radius 1 is 1.19 bits per heavy atom. The minimum atomic E-state index is -0.162. The molecule has 1 aromatic carbocycles. The van der Waals surface area contributed by atoms with Crippen molar-refractivity contribution in [3.8, 4) is 0 Å². The predicted octanol–water partition coefficient (Wildman–Crippen LogP) is 2.69. The number of benzene rings is 1. The van der Waals surface area contributed by atoms with E-state index in [4.69, 9.17) is 24.3 Å². The molecule has 0 fully saturated rings. The number of fused-ring (bicyclic) bond motifs is 1. The first-order chi connectivity index (χ1) is 15.1. The van der Waals surface area contributed by atoms with Crippen molar-refractivity contribution in [2.75, 3.05) is 63.0 Å². The summed E-state index contributed by atoms with van der Waals surface area (Å²) in [5.74, 6) is 0.791. The zero-order valence-electron chi connectivity index (χ0n) is 18.5. The van der Waals surface area contributed by atoms with Crippen LogP contribution in [0.15, 0.2) is 18.2 Å². The topological polar surface area (TPSA) is 86.1 Å². The number of halogens is 1. The average Bonchev–Trinajstić information content (AvgIpc) is 3.07. The number of alkyl halides is 1. The van der Waals surface area contributed by atoms with Crippen LogP contribution in [0.2, 0.25) is 0 Å². The Bertz CT molecular complexity index is 787. The van der Waals surface area contributed by atoms with Crippen LogP contribution in [0.5, 0.6) is 0 Å². The van der Waals surface area contributed by atoms with Crippen molar-refractivity contribution in [2.24, 2.45) is 7.05 Å². The Hall–Kier alpha value is -1.68. The quantitative estimate of drug-likeness (QED) is 0.216. The number of carbonyl (C=O) groups excluding carboxylic acids is 1. The van der Waals surface area contributed by atoms with Crippen LogP contribution in [0, 0.1) is 0 Å². The van der Waals surface area contributed by atoms with Gasteiger partial charge in [0.05, 0.1) is 50.7 Å². The van der Waals surface area contributed by atoms with Crippen molar-refractivity contribution in [1.82, 2.24) is 9.55 Å². The lowest BCUT2D eigenvalue weighted by Crippen LogP contribution is -2.31. The number of hydrogen-bond acceptors (Lipinski definition) is 7. The molecule has 0 saturated carbocycles. The lowest BCUT2D eigenvalue weighted by Gasteiger charge is -2.24. The number of hydrogen-bond donors (Lipinski definition) is 1. The van der Waals surface area contributed by atoms with E-state index in [1.807, 2.05) is 14.0 Å². The van der Waals surface area contributed by atoms with Gasteiger partial charge in [-0.25, -0.2) is 4.98 Å². The SMILES string of the molecule is CCOC(=O)CCCc1nc2cc(N(CCOCCO)CCOCCBr)ccc2n1C. The van der Waals surface area contributed by atoms with Gasteiger partial charge in [-0.2, -0.15) is 0 Å². The van der Waals surface area contributed by atoms with Crippen LogP contribution in [0.3, 0.4) is 0 Å². The third-order valence-corrected chi connectivity index (χ3v) is 5.20. The van der Waals surface area contributed by atoms with Crippen LogP contribution < -0.4 is 4.90 Å². The highest BCUT2D eigenvalue weighted by atomic mass is 79.9. The lowest BCUT2D eigenvalue weighted by atomic mass is 10.2. The molecule has 0 bridgehead atoms. The van der Waals surface area contributed by atoms with Gasteiger partial charge in [0.2, 0.25) is 0 Å². The number of esters is 1. The molecule has 0 saturated heterocycles. The smallest absolute Gasteiger partial charge is 0.305 e. The molecule has 1 N–H and O–H groups in total. The Morgan fingerprint density at radius 2 is 1.94 bits per heavy atom. The van der Waals surface area contributed by atoms with E-state index in [1.165, 1.54) is 0 Å². The molecule has 2 aromatic rings. The molecule has 2 rings (SSSR count). The highest BCUT2D eigenvalue weighted by Crippen LogP contribution is 2.23. The first-order valence-corrected chi connectivity index (χ1v) is 11.9. The number of carbonyl (C=O) groups is 1. The summed E-state index contributed by atoms with van der Waals surface area (Å²) in [7, 11) is 2.00. The summed E-state index contributed by atoms with van der Waals surface area (Å²) in [4.78, 5) is 18.6. The Morgan fingerprint density at radius 3 is 2.61 bits per heavy atom. The molecule has 0 aliphatic rings. The summed E-state index contributed by atoms with van der Waals surface area (Å²) in [6.45, 7) is 5.83. The highest BCUT2D eigenvalue weighted by Gasteiger charge is 2.13. The summed E-state index contributed by atoms with van der Waals surface area (Å²) in [6, 6.07) is 6.25. The van der Waals surface area contributed by atoms with E-state index < -0.39 is 0 Å². The fourth-order valence-electron chi connectivity index (χ4n) is 3.33. The average molecular weight is 500 g/mol. The molecule has 0 aliphatic carbocycles. The Kier molecular flexibility index (Phi) is 11.9. The molecule has 174 valence electrons. The summed E-state index contributed by atoms with van der Waals surface area (Å²) in [5.41, 5.74) is 3.04. The minimum absolute atomic E-state index is 0.0210. The lowest BCUT2D eigenvalue weighted by molar-refractivity contribution is -0.143. The fraction of sp³-hybridized carbons (Fsp3) is 0.636. The molecule has 0 atom stereocenters. The molecule has 8 nitrogen and oxygen atoms in total. The van der Waals surface area contributed by atoms with E-state index in [-0.39, 0.29) is 12.6 Å². The summed E-state index contributed by atoms with van der Waals surface area (Å²) < 4.78 is 18.2. The molecule has 0 radical (unpaired) electrons. The number of nitrogens with zero attached hydrogens (tertiary/aromatic N) is 3. The standard InChI is InChI=1S/C22H34BrN3O5/c1-3-31-22(28)6-4-5-21-24-19-17-18(7-8-20(19)25(21)2)26(10-14-29-13-9-23)11-15-30-16-12-27/h7-8,17,27H,3-6,9-16H2,1-2H3. The molecule has 1 heterocycles. The first kappa shape index (κ1) is 25.6. The van der Waals surface area contributed by atoms with Crippen molar-refractivity contribution in [3.05, 3.63) is 24.0 Å². The van der Waals surface area contributed by atoms with Crippen molar-refractivity contribution in [1.29, 1.82) is 0 Å². The highest BCUT2D eigenvalue weighted by molar-refractivity contribution is 9.09. The largest absolute Gasteiger partial charge is 0.466 e. The second-order valence-electron chi connectivity index (χ2n) is 7.04. The van der Waals surface area contributed by atoms with Gasteiger partial charge < -0.3 is 28.8 Å². The molecular weight excluding hydrogens is 466 g/mol. The van der Waals surface area contributed by atoms with Gasteiger partial charge in [-0.3, -0.25) is 4.79 Å². The maximum atomic E-state index is 11.6. The normalized spacial score (nSPS) is 11.2. The summed E-state index contributed by atoms with van der Waals surface area (Å²) in [6.07, 6.45) is 1.83. The van der Waals surface area contributed by atoms with Gasteiger partial charge in [0, 0.05) is 44.0 Å². The van der Waals surface area contributed by atoms with E-state index in [0.29, 0.717) is 52.4 Å². The maximum Gasteiger partial charge on any atom is 0.305 e. The van der Waals surface area contributed by atoms with E-state index >= 15 is 0 Å². The number of rotatable bonds is 16. The van der Waals surface area contributed by atoms with E-state index in [0.717, 1.165) is 40.8 Å². The number of imidazole rings is 1. The van der Waals surface area contributed by atoms with Crippen LogP contribution in [-0.2, 0) is 32.5 Å². The molecule has 0 aliphatic heterocycles. The third-order valence-electron chi connectivity index (χ3n) is 4.88. The van der Waals surface area contributed by atoms with Crippen LogP contribution in [0.4, 0.5) is 5.69 Å². The number of aliphatic hydroxyl groups excluding tert-OH is 1. The van der Waals surface area contributed by atoms with Crippen LogP contribution in [0.25, 0.3) is 11.0 Å². The molecule has 1 aromatic heterocycles. The van der Waals surface area contributed by atoms with Gasteiger partial charge in [0.15, 0.2) is 0 Å². The minimum Gasteiger partial charge on any atom is -0.466 e. The number of anilines is 1. The number of aliphatic hydroxyl groups is 1. The zero-order chi connectivity index (χ0) is 22.5. The van der Waals surface area contributed by atoms with E-state index in [2.05, 4.69) is 43.6 Å². The third kappa shape index (κ3) is 8.40. The van der Waals surface area contributed by atoms with E-state index in [9.17, 15) is 4.79 Å². The number of aryl methyl sites for hydroxylation is 2. The maximum absolute atomic E-state index is 11.6. The molecular formula is C22H34BrN3O5. The van der Waals surface area contributed by atoms with Gasteiger partial charge >= 0.3 is 5.97 Å². The van der Waals surface area contributed by atoms with Crippen LogP contribution in [0.1, 0.15) is 25.6 Å². The van der Waals surface area contributed by atoms with Crippen molar-refractivity contribution >= 4 is 38.6 Å². The van der Waals surface area contributed by atoms with Gasteiger partial charge in [-0.15, -0.1) is 0 Å². The van der Waals surface area contributed by atoms with Crippen LogP contribution in [-0.4, -0.2) is 78.7 Å². The molecule has 0 spiro atoms. The second kappa shape index (κ2) is 14.4. The second-order valence-corrected chi connectivity index (χ2v) is 7.84. The van der Waals surface area contributed by atoms with Gasteiger partial charge in [0.25, 0.3) is 0 Å². The molecule has 0 unspecified atom stereocenters. The number of ether oxygens (including phenoxy) is 3. The van der Waals surface area contributed by atoms with Gasteiger partial charge in [-0.05, 0) is 31.5 Å². The predicted molar refractivity (Wildman–Crippen MR) is 125 cm³/mol. The fourth-order valence-corrected chi connectivity index (χ4v) is 3.55.